The number of sulfonamides is 1. The summed E-state index contributed by atoms with van der Waals surface area (Å²) in [6.45, 7) is 2.27. The number of halogens is 1. The van der Waals surface area contributed by atoms with E-state index in [-0.39, 0.29) is 16.5 Å². The van der Waals surface area contributed by atoms with Crippen LogP contribution in [0.5, 0.6) is 0 Å². The Kier molecular flexibility index (Phi) is 4.75. The molecule has 4 nitrogen and oxygen atoms in total. The van der Waals surface area contributed by atoms with E-state index < -0.39 is 10.0 Å². The van der Waals surface area contributed by atoms with Crippen LogP contribution in [0, 0.1) is 0 Å². The Morgan fingerprint density at radius 3 is 2.55 bits per heavy atom. The van der Waals surface area contributed by atoms with Crippen LogP contribution in [-0.2, 0) is 23.0 Å². The second-order valence-electron chi connectivity index (χ2n) is 4.25. The highest BCUT2D eigenvalue weighted by molar-refractivity contribution is 7.89. The zero-order valence-electron chi connectivity index (χ0n) is 11.0. The molecule has 6 heteroatoms. The van der Waals surface area contributed by atoms with E-state index in [4.69, 9.17) is 11.6 Å². The molecule has 0 aliphatic carbocycles. The van der Waals surface area contributed by atoms with Crippen LogP contribution in [-0.4, -0.2) is 13.4 Å². The van der Waals surface area contributed by atoms with Crippen LogP contribution in [0.1, 0.15) is 18.1 Å². The number of benzene rings is 1. The van der Waals surface area contributed by atoms with E-state index in [1.165, 1.54) is 18.5 Å². The highest BCUT2D eigenvalue weighted by atomic mass is 35.5. The molecule has 0 aliphatic rings. The van der Waals surface area contributed by atoms with Gasteiger partial charge >= 0.3 is 0 Å². The molecule has 0 spiro atoms. The molecule has 1 N–H and O–H groups in total. The number of hydrogen-bond donors (Lipinski definition) is 1. The van der Waals surface area contributed by atoms with Crippen molar-refractivity contribution in [2.24, 2.45) is 0 Å². The summed E-state index contributed by atoms with van der Waals surface area (Å²) < 4.78 is 26.9. The van der Waals surface area contributed by atoms with Crippen molar-refractivity contribution in [3.63, 3.8) is 0 Å². The predicted octanol–water partition coefficient (Wildman–Crippen LogP) is 2.78. The molecule has 0 fully saturated rings. The first-order valence-electron chi connectivity index (χ1n) is 6.20. The number of aryl methyl sites for hydroxylation is 1. The van der Waals surface area contributed by atoms with Gasteiger partial charge in [0.15, 0.2) is 0 Å². The van der Waals surface area contributed by atoms with Crippen LogP contribution in [0.25, 0.3) is 0 Å². The Labute approximate surface area is 123 Å². The SMILES string of the molecule is CCc1ccccc1CNS(=O)(=O)c1cnccc1Cl. The summed E-state index contributed by atoms with van der Waals surface area (Å²) in [7, 11) is -3.66. The third-order valence-electron chi connectivity index (χ3n) is 2.98. The summed E-state index contributed by atoms with van der Waals surface area (Å²) in [6.07, 6.45) is 3.55. The molecule has 2 rings (SSSR count). The minimum Gasteiger partial charge on any atom is -0.263 e. The molecule has 0 amide bonds. The number of rotatable bonds is 5. The fourth-order valence-corrected chi connectivity index (χ4v) is 3.32. The van der Waals surface area contributed by atoms with Gasteiger partial charge in [0.2, 0.25) is 10.0 Å². The normalized spacial score (nSPS) is 11.5. The lowest BCUT2D eigenvalue weighted by Gasteiger charge is -2.10. The number of hydrogen-bond acceptors (Lipinski definition) is 3. The maximum absolute atomic E-state index is 12.2. The van der Waals surface area contributed by atoms with Crippen molar-refractivity contribution in [3.8, 4) is 0 Å². The fraction of sp³-hybridized carbons (Fsp3) is 0.214. The molecule has 0 unspecified atom stereocenters. The van der Waals surface area contributed by atoms with E-state index in [1.54, 1.807) is 0 Å². The van der Waals surface area contributed by atoms with Gasteiger partial charge in [-0.05, 0) is 23.6 Å². The lowest BCUT2D eigenvalue weighted by molar-refractivity contribution is 0.580. The Hall–Kier alpha value is -1.43. The van der Waals surface area contributed by atoms with Gasteiger partial charge in [-0.3, -0.25) is 4.98 Å². The monoisotopic (exact) mass is 310 g/mol. The lowest BCUT2D eigenvalue weighted by Crippen LogP contribution is -2.24. The van der Waals surface area contributed by atoms with E-state index in [0.29, 0.717) is 0 Å². The van der Waals surface area contributed by atoms with Gasteiger partial charge in [-0.1, -0.05) is 42.8 Å². The van der Waals surface area contributed by atoms with Gasteiger partial charge in [-0.25, -0.2) is 13.1 Å². The van der Waals surface area contributed by atoms with Gasteiger partial charge < -0.3 is 0 Å². The molecule has 1 heterocycles. The van der Waals surface area contributed by atoms with Gasteiger partial charge in [0, 0.05) is 18.9 Å². The van der Waals surface area contributed by atoms with Crippen molar-refractivity contribution in [2.75, 3.05) is 0 Å². The molecule has 0 saturated carbocycles. The molecular formula is C14H15ClN2O2S. The molecule has 2 aromatic rings. The van der Waals surface area contributed by atoms with Crippen molar-refractivity contribution >= 4 is 21.6 Å². The third-order valence-corrected chi connectivity index (χ3v) is 4.85. The van der Waals surface area contributed by atoms with E-state index in [0.717, 1.165) is 17.5 Å². The second-order valence-corrected chi connectivity index (χ2v) is 6.40. The van der Waals surface area contributed by atoms with Crippen molar-refractivity contribution < 1.29 is 8.42 Å². The van der Waals surface area contributed by atoms with Gasteiger partial charge in [0.1, 0.15) is 4.90 Å². The summed E-state index contributed by atoms with van der Waals surface area (Å²) in [5, 5.41) is 0.163. The van der Waals surface area contributed by atoms with Crippen molar-refractivity contribution in [1.29, 1.82) is 0 Å². The maximum Gasteiger partial charge on any atom is 0.243 e. The minimum atomic E-state index is -3.66. The lowest BCUT2D eigenvalue weighted by atomic mass is 10.1. The zero-order valence-corrected chi connectivity index (χ0v) is 12.6. The first kappa shape index (κ1) is 15.0. The Balaban J connectivity index is 2.20. The fourth-order valence-electron chi connectivity index (χ4n) is 1.89. The first-order valence-corrected chi connectivity index (χ1v) is 8.06. The summed E-state index contributed by atoms with van der Waals surface area (Å²) in [6, 6.07) is 9.18. The average Bonchev–Trinajstić information content (AvgIpc) is 2.46. The van der Waals surface area contributed by atoms with E-state index in [2.05, 4.69) is 9.71 Å². The zero-order chi connectivity index (χ0) is 14.6. The van der Waals surface area contributed by atoms with Crippen molar-refractivity contribution in [1.82, 2.24) is 9.71 Å². The van der Waals surface area contributed by atoms with Crippen molar-refractivity contribution in [3.05, 3.63) is 58.9 Å². The quantitative estimate of drug-likeness (QED) is 0.924. The van der Waals surface area contributed by atoms with E-state index >= 15 is 0 Å². The molecule has 1 aromatic carbocycles. The Bertz CT molecular complexity index is 702. The first-order chi connectivity index (χ1) is 9.54. The van der Waals surface area contributed by atoms with Crippen LogP contribution < -0.4 is 4.72 Å². The number of pyridine rings is 1. The highest BCUT2D eigenvalue weighted by Gasteiger charge is 2.17. The maximum atomic E-state index is 12.2. The number of nitrogens with zero attached hydrogens (tertiary/aromatic N) is 1. The topological polar surface area (TPSA) is 59.1 Å². The molecule has 0 radical (unpaired) electrons. The minimum absolute atomic E-state index is 0.00403. The molecule has 0 atom stereocenters. The molecule has 0 bridgehead atoms. The van der Waals surface area contributed by atoms with Gasteiger partial charge in [-0.2, -0.15) is 0 Å². The van der Waals surface area contributed by atoms with Crippen LogP contribution in [0.3, 0.4) is 0 Å². The molecule has 0 saturated heterocycles. The largest absolute Gasteiger partial charge is 0.263 e. The summed E-state index contributed by atoms with van der Waals surface area (Å²) in [4.78, 5) is 3.79. The second kappa shape index (κ2) is 6.35. The summed E-state index contributed by atoms with van der Waals surface area (Å²) in [5.41, 5.74) is 2.08. The molecule has 106 valence electrons. The molecular weight excluding hydrogens is 296 g/mol. The summed E-state index contributed by atoms with van der Waals surface area (Å²) in [5.74, 6) is 0. The van der Waals surface area contributed by atoms with Gasteiger partial charge in [0.05, 0.1) is 5.02 Å². The number of nitrogens with one attached hydrogen (secondary N) is 1. The van der Waals surface area contributed by atoms with E-state index in [9.17, 15) is 8.42 Å². The number of aromatic nitrogens is 1. The Morgan fingerprint density at radius 1 is 1.20 bits per heavy atom. The highest BCUT2D eigenvalue weighted by Crippen LogP contribution is 2.19. The standard InChI is InChI=1S/C14H15ClN2O2S/c1-2-11-5-3-4-6-12(11)9-17-20(18,19)14-10-16-8-7-13(14)15/h3-8,10,17H,2,9H2,1H3. The smallest absolute Gasteiger partial charge is 0.243 e. The van der Waals surface area contributed by atoms with Crippen molar-refractivity contribution in [2.45, 2.75) is 24.8 Å². The molecule has 1 aromatic heterocycles. The van der Waals surface area contributed by atoms with Crippen LogP contribution in [0.4, 0.5) is 0 Å². The molecule has 20 heavy (non-hydrogen) atoms. The van der Waals surface area contributed by atoms with E-state index in [1.807, 2.05) is 31.2 Å². The molecule has 0 aliphatic heterocycles. The third kappa shape index (κ3) is 3.36. The van der Waals surface area contributed by atoms with Gasteiger partial charge in [0.25, 0.3) is 0 Å². The Morgan fingerprint density at radius 2 is 1.90 bits per heavy atom. The van der Waals surface area contributed by atoms with Crippen LogP contribution in [0.2, 0.25) is 5.02 Å². The predicted molar refractivity (Wildman–Crippen MR) is 79.1 cm³/mol. The average molecular weight is 311 g/mol. The van der Waals surface area contributed by atoms with Crippen LogP contribution >= 0.6 is 11.6 Å². The van der Waals surface area contributed by atoms with Crippen LogP contribution in [0.15, 0.2) is 47.6 Å². The summed E-state index contributed by atoms with van der Waals surface area (Å²) >= 11 is 5.89. The van der Waals surface area contributed by atoms with Gasteiger partial charge in [-0.15, -0.1) is 0 Å².